The molecule has 0 spiro atoms. The summed E-state index contributed by atoms with van der Waals surface area (Å²) in [5.74, 6) is 1.12. The average molecular weight is 450 g/mol. The van der Waals surface area contributed by atoms with E-state index in [0.29, 0.717) is 37.8 Å². The van der Waals surface area contributed by atoms with Crippen molar-refractivity contribution in [1.29, 1.82) is 0 Å². The van der Waals surface area contributed by atoms with Crippen LogP contribution in [0.2, 0.25) is 0 Å². The van der Waals surface area contributed by atoms with Crippen molar-refractivity contribution in [2.75, 3.05) is 26.8 Å². The van der Waals surface area contributed by atoms with Gasteiger partial charge < -0.3 is 9.47 Å². The van der Waals surface area contributed by atoms with Gasteiger partial charge in [0, 0.05) is 37.9 Å². The molecule has 0 N–H and O–H groups in total. The van der Waals surface area contributed by atoms with Gasteiger partial charge in [-0.3, -0.25) is 14.5 Å². The zero-order valence-electron chi connectivity index (χ0n) is 22.0. The molecule has 0 bridgehead atoms. The van der Waals surface area contributed by atoms with Crippen LogP contribution in [0.5, 0.6) is 5.75 Å². The van der Waals surface area contributed by atoms with Crippen molar-refractivity contribution in [1.82, 2.24) is 4.90 Å². The third kappa shape index (κ3) is 7.61. The first-order valence-corrected chi connectivity index (χ1v) is 12.5. The molecule has 1 aliphatic carbocycles. The van der Waals surface area contributed by atoms with E-state index in [1.54, 1.807) is 7.11 Å². The van der Waals surface area contributed by atoms with E-state index >= 15 is 0 Å². The maximum Gasteiger partial charge on any atom is 0.313 e. The molecule has 2 atom stereocenters. The van der Waals surface area contributed by atoms with Crippen molar-refractivity contribution in [3.05, 3.63) is 29.8 Å². The lowest BCUT2D eigenvalue weighted by molar-refractivity contribution is -0.154. The van der Waals surface area contributed by atoms with Gasteiger partial charge in [-0.2, -0.15) is 0 Å². The molecular formula is C27H47NO4. The molecule has 184 valence electrons. The highest BCUT2D eigenvalue weighted by Gasteiger charge is 2.51. The first kappa shape index (κ1) is 30.1. The molecule has 0 radical (unpaired) electrons. The lowest BCUT2D eigenvalue weighted by Crippen LogP contribution is -2.40. The molecule has 3 rings (SSSR count). The van der Waals surface area contributed by atoms with Gasteiger partial charge in [-0.15, -0.1) is 0 Å². The molecule has 1 saturated carbocycles. The molecule has 1 aromatic rings. The fraction of sp³-hybridized carbons (Fsp3) is 0.704. The van der Waals surface area contributed by atoms with Gasteiger partial charge in [-0.05, 0) is 44.4 Å². The third-order valence-corrected chi connectivity index (χ3v) is 6.01. The molecule has 1 heterocycles. The van der Waals surface area contributed by atoms with Crippen LogP contribution in [0.25, 0.3) is 0 Å². The first-order chi connectivity index (χ1) is 15.5. The van der Waals surface area contributed by atoms with E-state index in [-0.39, 0.29) is 11.9 Å². The number of carbonyl (C=O) groups excluding carboxylic acids is 2. The number of Topliss-reactive ketones (excluding diaryl/α,β-unsaturated/α-hetero) is 1. The zero-order valence-corrected chi connectivity index (χ0v) is 22.0. The van der Waals surface area contributed by atoms with Crippen LogP contribution in [0.4, 0.5) is 0 Å². The van der Waals surface area contributed by atoms with Crippen LogP contribution in [-0.4, -0.2) is 49.5 Å². The van der Waals surface area contributed by atoms with Crippen LogP contribution in [0.15, 0.2) is 24.3 Å². The summed E-state index contributed by atoms with van der Waals surface area (Å²) < 4.78 is 10.7. The smallest absolute Gasteiger partial charge is 0.313 e. The molecule has 1 aromatic carbocycles. The number of likely N-dealkylation sites (tertiary alicyclic amines) is 1. The van der Waals surface area contributed by atoms with Gasteiger partial charge in [0.05, 0.1) is 19.1 Å². The van der Waals surface area contributed by atoms with Gasteiger partial charge in [0.1, 0.15) is 11.5 Å². The van der Waals surface area contributed by atoms with E-state index in [1.807, 2.05) is 67.5 Å². The Labute approximate surface area is 196 Å². The largest absolute Gasteiger partial charge is 0.497 e. The number of nitrogens with zero attached hydrogens (tertiary/aromatic N) is 1. The van der Waals surface area contributed by atoms with Crippen molar-refractivity contribution in [3.63, 3.8) is 0 Å². The van der Waals surface area contributed by atoms with Gasteiger partial charge in [0.25, 0.3) is 0 Å². The number of rotatable bonds is 5. The second-order valence-corrected chi connectivity index (χ2v) is 7.66. The summed E-state index contributed by atoms with van der Waals surface area (Å²) in [4.78, 5) is 26.8. The molecule has 1 aliphatic heterocycles. The lowest BCUT2D eigenvalue weighted by Gasteiger charge is -2.31. The number of benzene rings is 1. The van der Waals surface area contributed by atoms with Crippen molar-refractivity contribution in [2.24, 2.45) is 5.41 Å². The number of hydrogen-bond acceptors (Lipinski definition) is 5. The number of methoxy groups -OCH3 is 1. The number of ether oxygens (including phenoxy) is 2. The molecular weight excluding hydrogens is 402 g/mol. The summed E-state index contributed by atoms with van der Waals surface area (Å²) in [6.07, 6.45) is 3.11. The Kier molecular flexibility index (Phi) is 14.9. The van der Waals surface area contributed by atoms with Gasteiger partial charge in [0.2, 0.25) is 0 Å². The molecule has 0 amide bonds. The average Bonchev–Trinajstić information content (AvgIpc) is 3.22. The fourth-order valence-electron chi connectivity index (χ4n) is 4.41. The number of carbonyl (C=O) groups is 2. The highest BCUT2D eigenvalue weighted by atomic mass is 16.5. The summed E-state index contributed by atoms with van der Waals surface area (Å²) in [5.41, 5.74) is 0.558. The Morgan fingerprint density at radius 2 is 1.56 bits per heavy atom. The molecule has 2 aliphatic rings. The Bertz CT molecular complexity index is 648. The summed E-state index contributed by atoms with van der Waals surface area (Å²) in [6.45, 7) is 17.8. The topological polar surface area (TPSA) is 55.8 Å². The van der Waals surface area contributed by atoms with Crippen molar-refractivity contribution in [2.45, 2.75) is 93.0 Å². The second kappa shape index (κ2) is 15.8. The van der Waals surface area contributed by atoms with Crippen molar-refractivity contribution < 1.29 is 19.1 Å². The third-order valence-electron chi connectivity index (χ3n) is 6.01. The molecule has 0 unspecified atom stereocenters. The van der Waals surface area contributed by atoms with Crippen LogP contribution in [0, 0.1) is 5.41 Å². The summed E-state index contributed by atoms with van der Waals surface area (Å²) in [5, 5.41) is 0. The quantitative estimate of drug-likeness (QED) is 0.497. The first-order valence-electron chi connectivity index (χ1n) is 12.5. The maximum atomic E-state index is 12.8. The zero-order chi connectivity index (χ0) is 24.7. The van der Waals surface area contributed by atoms with Crippen LogP contribution < -0.4 is 4.74 Å². The maximum absolute atomic E-state index is 12.8. The van der Waals surface area contributed by atoms with E-state index in [9.17, 15) is 9.59 Å². The molecule has 1 saturated heterocycles. The van der Waals surface area contributed by atoms with Crippen LogP contribution in [-0.2, 0) is 14.3 Å². The number of esters is 1. The molecule has 5 nitrogen and oxygen atoms in total. The highest BCUT2D eigenvalue weighted by molar-refractivity contribution is 5.80. The van der Waals surface area contributed by atoms with Crippen LogP contribution in [0.1, 0.15) is 92.6 Å². The van der Waals surface area contributed by atoms with Gasteiger partial charge in [-0.1, -0.05) is 53.7 Å². The SMILES string of the molecule is CC.CC.CC.CCOC(=O)[C@]1(C)CN(C2CCC(=O)CC2)C[C@H]1c1ccc(OC)cc1. The molecule has 2 fully saturated rings. The van der Waals surface area contributed by atoms with E-state index in [2.05, 4.69) is 17.0 Å². The van der Waals surface area contributed by atoms with Gasteiger partial charge >= 0.3 is 5.97 Å². The minimum atomic E-state index is -0.577. The van der Waals surface area contributed by atoms with Gasteiger partial charge in [0.15, 0.2) is 0 Å². The molecule has 5 heteroatoms. The summed E-state index contributed by atoms with van der Waals surface area (Å²) in [7, 11) is 1.65. The van der Waals surface area contributed by atoms with Crippen LogP contribution in [0.3, 0.4) is 0 Å². The Morgan fingerprint density at radius 3 is 2.03 bits per heavy atom. The van der Waals surface area contributed by atoms with Gasteiger partial charge in [-0.25, -0.2) is 0 Å². The Morgan fingerprint density at radius 1 is 1.03 bits per heavy atom. The summed E-state index contributed by atoms with van der Waals surface area (Å²) in [6, 6.07) is 8.37. The number of ketones is 1. The predicted molar refractivity (Wildman–Crippen MR) is 133 cm³/mol. The minimum Gasteiger partial charge on any atom is -0.497 e. The fourth-order valence-corrected chi connectivity index (χ4v) is 4.41. The van der Waals surface area contributed by atoms with E-state index in [4.69, 9.17) is 9.47 Å². The monoisotopic (exact) mass is 449 g/mol. The van der Waals surface area contributed by atoms with Crippen LogP contribution >= 0.6 is 0 Å². The molecule has 0 aromatic heterocycles. The highest BCUT2D eigenvalue weighted by Crippen LogP contribution is 2.45. The molecule has 32 heavy (non-hydrogen) atoms. The van der Waals surface area contributed by atoms with E-state index in [0.717, 1.165) is 30.7 Å². The van der Waals surface area contributed by atoms with E-state index in [1.165, 1.54) is 0 Å². The number of hydrogen-bond donors (Lipinski definition) is 0. The summed E-state index contributed by atoms with van der Waals surface area (Å²) >= 11 is 0. The Balaban J connectivity index is 0.00000148. The second-order valence-electron chi connectivity index (χ2n) is 7.66. The predicted octanol–water partition coefficient (Wildman–Crippen LogP) is 6.25. The van der Waals surface area contributed by atoms with Crippen molar-refractivity contribution in [3.8, 4) is 5.75 Å². The minimum absolute atomic E-state index is 0.0742. The van der Waals surface area contributed by atoms with Crippen molar-refractivity contribution >= 4 is 11.8 Å². The van der Waals surface area contributed by atoms with E-state index < -0.39 is 5.41 Å². The standard InChI is InChI=1S/C21H29NO4.3C2H6/c1-4-26-20(24)21(2)14-22(16-7-9-17(23)10-8-16)13-19(21)15-5-11-18(25-3)12-6-15;3*1-2/h5-6,11-12,16,19H,4,7-10,13-14H2,1-3H3;3*1-2H3/t19-,21+;;;/m0.../s1. The Hall–Kier alpha value is -1.88. The lowest BCUT2D eigenvalue weighted by atomic mass is 9.76. The normalized spacial score (nSPS) is 22.9.